The van der Waals surface area contributed by atoms with Gasteiger partial charge >= 0.3 is 0 Å². The molecule has 2 aromatic rings. The highest BCUT2D eigenvalue weighted by Crippen LogP contribution is 2.11. The normalized spacial score (nSPS) is 10.7. The van der Waals surface area contributed by atoms with Crippen LogP contribution in [0.15, 0.2) is 59.8 Å². The Balaban J connectivity index is 0.00000264. The molecule has 124 valence electrons. The lowest BCUT2D eigenvalue weighted by Gasteiger charge is -2.20. The van der Waals surface area contributed by atoms with E-state index in [1.54, 1.807) is 0 Å². The number of benzene rings is 2. The minimum Gasteiger partial charge on any atom is -0.492 e. The van der Waals surface area contributed by atoms with E-state index in [1.165, 1.54) is 11.8 Å². The smallest absolute Gasteiger partial charge is 0.119 e. The van der Waals surface area contributed by atoms with Gasteiger partial charge in [0.05, 0.1) is 6.21 Å². The molecule has 0 aliphatic rings. The van der Waals surface area contributed by atoms with Crippen LogP contribution in [0.25, 0.3) is 0 Å². The maximum atomic E-state index is 8.47. The number of rotatable bonds is 8. The molecule has 0 unspecified atom stereocenters. The molecule has 0 amide bonds. The van der Waals surface area contributed by atoms with Crippen LogP contribution in [0.1, 0.15) is 18.1 Å². The Morgan fingerprint density at radius 1 is 1.09 bits per heavy atom. The molecule has 23 heavy (non-hydrogen) atoms. The molecule has 1 N–H and O–H groups in total. The summed E-state index contributed by atoms with van der Waals surface area (Å²) in [5.74, 6) is 0.825. The van der Waals surface area contributed by atoms with Gasteiger partial charge in [-0.25, -0.2) is 0 Å². The summed E-state index contributed by atoms with van der Waals surface area (Å²) in [5.41, 5.74) is 2.16. The number of hydrogen-bond donors (Lipinski definition) is 1. The number of oxime groups is 1. The Labute approximate surface area is 143 Å². The molecule has 0 bridgehead atoms. The number of likely N-dealkylation sites (N-methyl/N-ethyl adjacent to an activating group) is 1. The molecule has 0 heterocycles. The second-order valence-electron chi connectivity index (χ2n) is 5.02. The first kappa shape index (κ1) is 19.0. The quantitative estimate of drug-likeness (QED) is 0.453. The van der Waals surface area contributed by atoms with Gasteiger partial charge in [0, 0.05) is 13.1 Å². The minimum absolute atomic E-state index is 0. The summed E-state index contributed by atoms with van der Waals surface area (Å²) in [4.78, 5) is 2.35. The van der Waals surface area contributed by atoms with Gasteiger partial charge in [-0.3, -0.25) is 4.90 Å². The zero-order chi connectivity index (χ0) is 15.6. The highest BCUT2D eigenvalue weighted by Gasteiger charge is 2.04. The predicted octanol–water partition coefficient (Wildman–Crippen LogP) is 3.82. The molecule has 0 saturated heterocycles. The van der Waals surface area contributed by atoms with Crippen LogP contribution in [-0.4, -0.2) is 36.0 Å². The SMILES string of the molecule is CCN(CCOc1ccc(/C=N/O)cc1)Cc1ccccc1.Cl. The van der Waals surface area contributed by atoms with Crippen molar-refractivity contribution in [3.63, 3.8) is 0 Å². The summed E-state index contributed by atoms with van der Waals surface area (Å²) in [6.45, 7) is 5.61. The van der Waals surface area contributed by atoms with Gasteiger partial charge in [0.1, 0.15) is 12.4 Å². The fourth-order valence-corrected chi connectivity index (χ4v) is 2.20. The van der Waals surface area contributed by atoms with Crippen molar-refractivity contribution in [3.05, 3.63) is 65.7 Å². The second-order valence-corrected chi connectivity index (χ2v) is 5.02. The van der Waals surface area contributed by atoms with Gasteiger partial charge in [0.2, 0.25) is 0 Å². The van der Waals surface area contributed by atoms with Gasteiger partial charge < -0.3 is 9.94 Å². The van der Waals surface area contributed by atoms with Crippen molar-refractivity contribution in [2.75, 3.05) is 19.7 Å². The largest absolute Gasteiger partial charge is 0.492 e. The standard InChI is InChI=1S/C18H22N2O2.ClH/c1-2-20(15-17-6-4-3-5-7-17)12-13-22-18-10-8-16(9-11-18)14-19-21;/h3-11,14,21H,2,12-13,15H2,1H3;1H/b19-14+;. The summed E-state index contributed by atoms with van der Waals surface area (Å²) in [6, 6.07) is 17.9. The number of hydrogen-bond acceptors (Lipinski definition) is 4. The molecule has 0 aliphatic heterocycles. The number of nitrogens with zero attached hydrogens (tertiary/aromatic N) is 2. The summed E-state index contributed by atoms with van der Waals surface area (Å²) >= 11 is 0. The Hall–Kier alpha value is -2.04. The van der Waals surface area contributed by atoms with E-state index in [4.69, 9.17) is 9.94 Å². The fourth-order valence-electron chi connectivity index (χ4n) is 2.20. The van der Waals surface area contributed by atoms with E-state index >= 15 is 0 Å². The maximum absolute atomic E-state index is 8.47. The van der Waals surface area contributed by atoms with Crippen molar-refractivity contribution < 1.29 is 9.94 Å². The van der Waals surface area contributed by atoms with E-state index in [0.29, 0.717) is 6.61 Å². The molecule has 0 spiro atoms. The van der Waals surface area contributed by atoms with Crippen molar-refractivity contribution in [2.45, 2.75) is 13.5 Å². The van der Waals surface area contributed by atoms with Crippen LogP contribution in [0.3, 0.4) is 0 Å². The predicted molar refractivity (Wildman–Crippen MR) is 96.0 cm³/mol. The summed E-state index contributed by atoms with van der Waals surface area (Å²) in [5, 5.41) is 11.5. The zero-order valence-corrected chi connectivity index (χ0v) is 14.1. The van der Waals surface area contributed by atoms with E-state index in [1.807, 2.05) is 30.3 Å². The van der Waals surface area contributed by atoms with E-state index < -0.39 is 0 Å². The second kappa shape index (κ2) is 10.6. The molecule has 0 atom stereocenters. The van der Waals surface area contributed by atoms with Crippen molar-refractivity contribution in [3.8, 4) is 5.75 Å². The molecule has 5 heteroatoms. The minimum atomic E-state index is 0. The van der Waals surface area contributed by atoms with E-state index in [2.05, 4.69) is 41.2 Å². The van der Waals surface area contributed by atoms with Gasteiger partial charge in [-0.1, -0.05) is 42.4 Å². The Bertz CT molecular complexity index is 573. The average Bonchev–Trinajstić information content (AvgIpc) is 2.57. The topological polar surface area (TPSA) is 45.1 Å². The fraction of sp³-hybridized carbons (Fsp3) is 0.278. The Kier molecular flexibility index (Phi) is 8.80. The van der Waals surface area contributed by atoms with Crippen LogP contribution in [-0.2, 0) is 6.54 Å². The van der Waals surface area contributed by atoms with E-state index in [0.717, 1.165) is 30.9 Å². The molecule has 0 saturated carbocycles. The first-order valence-corrected chi connectivity index (χ1v) is 7.48. The van der Waals surface area contributed by atoms with Crippen molar-refractivity contribution >= 4 is 18.6 Å². The van der Waals surface area contributed by atoms with Crippen molar-refractivity contribution in [1.82, 2.24) is 4.90 Å². The lowest BCUT2D eigenvalue weighted by molar-refractivity contribution is 0.210. The molecule has 2 rings (SSSR count). The average molecular weight is 335 g/mol. The third kappa shape index (κ3) is 6.72. The van der Waals surface area contributed by atoms with Crippen molar-refractivity contribution in [1.29, 1.82) is 0 Å². The van der Waals surface area contributed by atoms with E-state index in [9.17, 15) is 0 Å². The molecule has 0 radical (unpaired) electrons. The molecular weight excluding hydrogens is 312 g/mol. The third-order valence-electron chi connectivity index (χ3n) is 3.46. The molecular formula is C18H23ClN2O2. The van der Waals surface area contributed by atoms with Crippen LogP contribution in [0, 0.1) is 0 Å². The summed E-state index contributed by atoms with van der Waals surface area (Å²) < 4.78 is 5.76. The lowest BCUT2D eigenvalue weighted by Crippen LogP contribution is -2.27. The van der Waals surface area contributed by atoms with Crippen LogP contribution < -0.4 is 4.74 Å². The maximum Gasteiger partial charge on any atom is 0.119 e. The molecule has 0 aliphatic carbocycles. The van der Waals surface area contributed by atoms with Crippen LogP contribution in [0.2, 0.25) is 0 Å². The van der Waals surface area contributed by atoms with E-state index in [-0.39, 0.29) is 12.4 Å². The summed E-state index contributed by atoms with van der Waals surface area (Å²) in [6.07, 6.45) is 1.39. The van der Waals surface area contributed by atoms with Crippen molar-refractivity contribution in [2.24, 2.45) is 5.16 Å². The highest BCUT2D eigenvalue weighted by molar-refractivity contribution is 5.85. The molecule has 4 nitrogen and oxygen atoms in total. The first-order chi connectivity index (χ1) is 10.8. The molecule has 2 aromatic carbocycles. The van der Waals surface area contributed by atoms with Gasteiger partial charge in [-0.15, -0.1) is 12.4 Å². The monoisotopic (exact) mass is 334 g/mol. The van der Waals surface area contributed by atoms with Gasteiger partial charge in [0.15, 0.2) is 0 Å². The Morgan fingerprint density at radius 2 is 1.78 bits per heavy atom. The Morgan fingerprint density at radius 3 is 2.39 bits per heavy atom. The van der Waals surface area contributed by atoms with Gasteiger partial charge in [-0.2, -0.15) is 0 Å². The summed E-state index contributed by atoms with van der Waals surface area (Å²) in [7, 11) is 0. The lowest BCUT2D eigenvalue weighted by atomic mass is 10.2. The molecule has 0 aromatic heterocycles. The zero-order valence-electron chi connectivity index (χ0n) is 13.3. The van der Waals surface area contributed by atoms with Gasteiger partial charge in [-0.05, 0) is 41.9 Å². The number of halogens is 1. The highest BCUT2D eigenvalue weighted by atomic mass is 35.5. The van der Waals surface area contributed by atoms with Crippen LogP contribution in [0.5, 0.6) is 5.75 Å². The van der Waals surface area contributed by atoms with Crippen LogP contribution in [0.4, 0.5) is 0 Å². The van der Waals surface area contributed by atoms with Gasteiger partial charge in [0.25, 0.3) is 0 Å². The third-order valence-corrected chi connectivity index (χ3v) is 3.46. The first-order valence-electron chi connectivity index (χ1n) is 7.48. The van der Waals surface area contributed by atoms with Crippen LogP contribution >= 0.6 is 12.4 Å². The number of ether oxygens (including phenoxy) is 1. The molecule has 0 fully saturated rings.